The van der Waals surface area contributed by atoms with Crippen LogP contribution >= 0.6 is 0 Å². The van der Waals surface area contributed by atoms with E-state index in [0.717, 1.165) is 5.69 Å². The van der Waals surface area contributed by atoms with E-state index < -0.39 is 12.0 Å². The number of ether oxygens (including phenoxy) is 1. The van der Waals surface area contributed by atoms with E-state index in [2.05, 4.69) is 5.10 Å². The lowest BCUT2D eigenvalue weighted by atomic mass is 10.2. The van der Waals surface area contributed by atoms with Crippen molar-refractivity contribution in [3.05, 3.63) is 24.0 Å². The Bertz CT molecular complexity index is 509. The summed E-state index contributed by atoms with van der Waals surface area (Å²) in [6, 6.07) is 0.843. The molecule has 1 aliphatic rings. The number of carbonyl (C=O) groups excluding carboxylic acids is 1. The fraction of sp³-hybridized carbons (Fsp3) is 0.417. The third kappa shape index (κ3) is 3.00. The number of amides is 1. The summed E-state index contributed by atoms with van der Waals surface area (Å²) >= 11 is 0. The second-order valence-electron chi connectivity index (χ2n) is 4.17. The molecule has 1 aromatic heterocycles. The van der Waals surface area contributed by atoms with Crippen molar-refractivity contribution in [2.75, 3.05) is 19.8 Å². The Kier molecular flexibility index (Phi) is 3.96. The maximum Gasteiger partial charge on any atom is 0.328 e. The van der Waals surface area contributed by atoms with Crippen LogP contribution in [-0.2, 0) is 21.4 Å². The summed E-state index contributed by atoms with van der Waals surface area (Å²) in [5, 5.41) is 13.0. The fourth-order valence-electron chi connectivity index (χ4n) is 1.87. The Labute approximate surface area is 110 Å². The van der Waals surface area contributed by atoms with E-state index in [1.165, 1.54) is 11.0 Å². The molecule has 1 aliphatic heterocycles. The van der Waals surface area contributed by atoms with E-state index in [4.69, 9.17) is 9.84 Å². The van der Waals surface area contributed by atoms with Crippen LogP contribution in [0.4, 0.5) is 0 Å². The van der Waals surface area contributed by atoms with Crippen LogP contribution in [0.3, 0.4) is 0 Å². The molecule has 0 aliphatic carbocycles. The molecule has 1 N–H and O–H groups in total. The van der Waals surface area contributed by atoms with Crippen molar-refractivity contribution in [1.82, 2.24) is 14.7 Å². The molecule has 102 valence electrons. The second-order valence-corrected chi connectivity index (χ2v) is 4.17. The van der Waals surface area contributed by atoms with Crippen molar-refractivity contribution in [3.8, 4) is 0 Å². The van der Waals surface area contributed by atoms with E-state index in [0.29, 0.717) is 6.61 Å². The zero-order valence-corrected chi connectivity index (χ0v) is 10.5. The molecular formula is C12H15N3O4. The van der Waals surface area contributed by atoms with Crippen LogP contribution in [0.25, 0.3) is 6.08 Å². The molecule has 2 heterocycles. The minimum absolute atomic E-state index is 0.0284. The largest absolute Gasteiger partial charge is 0.480 e. The quantitative estimate of drug-likeness (QED) is 0.761. The van der Waals surface area contributed by atoms with Gasteiger partial charge in [-0.05, 0) is 12.1 Å². The van der Waals surface area contributed by atoms with Gasteiger partial charge in [-0.3, -0.25) is 9.48 Å². The molecule has 0 aromatic carbocycles. The molecule has 7 nitrogen and oxygen atoms in total. The number of hydrogen-bond acceptors (Lipinski definition) is 4. The highest BCUT2D eigenvalue weighted by molar-refractivity contribution is 5.94. The summed E-state index contributed by atoms with van der Waals surface area (Å²) < 4.78 is 6.70. The number of carboxylic acid groups (broad SMARTS) is 1. The van der Waals surface area contributed by atoms with Crippen LogP contribution in [0.1, 0.15) is 5.69 Å². The van der Waals surface area contributed by atoms with Gasteiger partial charge in [0.25, 0.3) is 0 Å². The number of nitrogens with zero attached hydrogens (tertiary/aromatic N) is 3. The minimum Gasteiger partial charge on any atom is -0.480 e. The average Bonchev–Trinajstić information content (AvgIpc) is 2.81. The lowest BCUT2D eigenvalue weighted by molar-refractivity contribution is -0.156. The number of aryl methyl sites for hydroxylation is 1. The van der Waals surface area contributed by atoms with E-state index in [9.17, 15) is 9.59 Å². The highest BCUT2D eigenvalue weighted by Crippen LogP contribution is 2.09. The van der Waals surface area contributed by atoms with Gasteiger partial charge in [0, 0.05) is 25.9 Å². The first-order valence-corrected chi connectivity index (χ1v) is 5.87. The smallest absolute Gasteiger partial charge is 0.328 e. The second kappa shape index (κ2) is 5.66. The number of aromatic nitrogens is 2. The number of morpholine rings is 1. The highest BCUT2D eigenvalue weighted by Gasteiger charge is 2.31. The number of carbonyl (C=O) groups is 2. The lowest BCUT2D eigenvalue weighted by Crippen LogP contribution is -2.52. The Morgan fingerprint density at radius 3 is 3.00 bits per heavy atom. The van der Waals surface area contributed by atoms with Gasteiger partial charge in [0.1, 0.15) is 0 Å². The molecule has 0 spiro atoms. The summed E-state index contributed by atoms with van der Waals surface area (Å²) in [7, 11) is 1.76. The number of aliphatic carboxylic acids is 1. The molecule has 19 heavy (non-hydrogen) atoms. The minimum atomic E-state index is -1.05. The van der Waals surface area contributed by atoms with E-state index in [1.54, 1.807) is 30.1 Å². The first kappa shape index (κ1) is 13.3. The zero-order chi connectivity index (χ0) is 13.8. The van der Waals surface area contributed by atoms with Crippen molar-refractivity contribution in [2.24, 2.45) is 7.05 Å². The predicted octanol–water partition coefficient (Wildman–Crippen LogP) is -0.255. The van der Waals surface area contributed by atoms with Gasteiger partial charge < -0.3 is 14.7 Å². The van der Waals surface area contributed by atoms with Gasteiger partial charge in [-0.2, -0.15) is 5.10 Å². The molecular weight excluding hydrogens is 250 g/mol. The molecule has 1 amide bonds. The molecule has 1 atom stereocenters. The van der Waals surface area contributed by atoms with Crippen LogP contribution < -0.4 is 0 Å². The third-order valence-corrected chi connectivity index (χ3v) is 2.95. The zero-order valence-electron chi connectivity index (χ0n) is 10.5. The first-order chi connectivity index (χ1) is 9.09. The molecule has 1 aromatic rings. The van der Waals surface area contributed by atoms with Crippen molar-refractivity contribution >= 4 is 18.0 Å². The molecule has 1 fully saturated rings. The Balaban J connectivity index is 2.08. The Hall–Kier alpha value is -2.15. The normalized spacial score (nSPS) is 19.8. The van der Waals surface area contributed by atoms with Gasteiger partial charge in [0.05, 0.1) is 18.9 Å². The van der Waals surface area contributed by atoms with Crippen LogP contribution in [0, 0.1) is 0 Å². The molecule has 1 saturated heterocycles. The Morgan fingerprint density at radius 2 is 2.37 bits per heavy atom. The number of rotatable bonds is 3. The van der Waals surface area contributed by atoms with Crippen LogP contribution in [-0.4, -0.2) is 57.5 Å². The summed E-state index contributed by atoms with van der Waals surface area (Å²) in [5.41, 5.74) is 0.772. The van der Waals surface area contributed by atoms with Crippen LogP contribution in [0.2, 0.25) is 0 Å². The third-order valence-electron chi connectivity index (χ3n) is 2.95. The van der Waals surface area contributed by atoms with E-state index >= 15 is 0 Å². The van der Waals surface area contributed by atoms with Crippen LogP contribution in [0.5, 0.6) is 0 Å². The first-order valence-electron chi connectivity index (χ1n) is 5.87. The fourth-order valence-corrected chi connectivity index (χ4v) is 1.87. The van der Waals surface area contributed by atoms with Crippen molar-refractivity contribution in [2.45, 2.75) is 6.04 Å². The molecule has 7 heteroatoms. The predicted molar refractivity (Wildman–Crippen MR) is 66.2 cm³/mol. The lowest BCUT2D eigenvalue weighted by Gasteiger charge is -2.31. The van der Waals surface area contributed by atoms with Crippen molar-refractivity contribution in [3.63, 3.8) is 0 Å². The summed E-state index contributed by atoms with van der Waals surface area (Å²) in [6.45, 7) is 0.668. The van der Waals surface area contributed by atoms with E-state index in [-0.39, 0.29) is 19.1 Å². The highest BCUT2D eigenvalue weighted by atomic mass is 16.5. The van der Waals surface area contributed by atoms with Crippen molar-refractivity contribution < 1.29 is 19.4 Å². The maximum absolute atomic E-state index is 12.0. The molecule has 1 unspecified atom stereocenters. The van der Waals surface area contributed by atoms with Gasteiger partial charge in [-0.1, -0.05) is 0 Å². The van der Waals surface area contributed by atoms with Crippen LogP contribution in [0.15, 0.2) is 18.3 Å². The molecule has 0 saturated carbocycles. The van der Waals surface area contributed by atoms with E-state index in [1.807, 2.05) is 0 Å². The molecule has 2 rings (SSSR count). The van der Waals surface area contributed by atoms with Gasteiger partial charge in [-0.25, -0.2) is 4.79 Å². The average molecular weight is 265 g/mol. The summed E-state index contributed by atoms with van der Waals surface area (Å²) in [5.74, 6) is -1.39. The van der Waals surface area contributed by atoms with Gasteiger partial charge >= 0.3 is 5.97 Å². The van der Waals surface area contributed by atoms with Gasteiger partial charge in [0.2, 0.25) is 5.91 Å². The standard InChI is InChI=1S/C12H15N3O4/c1-14-9(4-5-13-14)2-3-11(16)15-6-7-19-8-10(15)12(17)18/h2-5,10H,6-8H2,1H3,(H,17,18)/b3-2+. The number of carboxylic acids is 1. The van der Waals surface area contributed by atoms with Crippen molar-refractivity contribution in [1.29, 1.82) is 0 Å². The summed E-state index contributed by atoms with van der Waals surface area (Å²) in [6.07, 6.45) is 4.60. The topological polar surface area (TPSA) is 84.7 Å². The maximum atomic E-state index is 12.0. The molecule has 0 radical (unpaired) electrons. The Morgan fingerprint density at radius 1 is 1.58 bits per heavy atom. The molecule has 0 bridgehead atoms. The van der Waals surface area contributed by atoms with Gasteiger partial charge in [-0.15, -0.1) is 0 Å². The number of hydrogen-bond donors (Lipinski definition) is 1. The van der Waals surface area contributed by atoms with Gasteiger partial charge in [0.15, 0.2) is 6.04 Å². The monoisotopic (exact) mass is 265 g/mol. The SMILES string of the molecule is Cn1nccc1/C=C/C(=O)N1CCOCC1C(=O)O. The summed E-state index contributed by atoms with van der Waals surface area (Å²) in [4.78, 5) is 24.4.